The van der Waals surface area contributed by atoms with Crippen LogP contribution in [0.1, 0.15) is 36.8 Å². The van der Waals surface area contributed by atoms with Crippen LogP contribution in [-0.2, 0) is 11.1 Å². The highest BCUT2D eigenvalue weighted by Crippen LogP contribution is 2.33. The Morgan fingerprint density at radius 1 is 0.906 bits per heavy atom. The van der Waals surface area contributed by atoms with Crippen LogP contribution in [0.4, 0.5) is 13.2 Å². The van der Waals surface area contributed by atoms with Crippen molar-refractivity contribution >= 4 is 7.85 Å². The fourth-order valence-electron chi connectivity index (χ4n) is 4.23. The van der Waals surface area contributed by atoms with Crippen molar-refractivity contribution < 1.29 is 17.9 Å². The molecule has 3 aromatic rings. The standard InChI is InChI=1S/C27H24BF3O/c1-2-3-22-11-8-21(16-32-22)23-12-9-19(14-25(23)29)17-4-6-18(7-5-17)24-13-10-20(15-28)26(30)27(24)31/h2-7,9-10,12-14,21-22H,8,11,15-16H2,1H3/b3-2+. The van der Waals surface area contributed by atoms with E-state index in [1.165, 1.54) is 18.2 Å². The number of ether oxygens (including phenoxy) is 1. The number of hydrogen-bond donors (Lipinski definition) is 0. The Labute approximate surface area is 188 Å². The third-order valence-corrected chi connectivity index (χ3v) is 6.07. The molecule has 1 heterocycles. The van der Waals surface area contributed by atoms with Crippen LogP contribution in [0, 0.1) is 17.5 Å². The quantitative estimate of drug-likeness (QED) is 0.313. The first-order valence-electron chi connectivity index (χ1n) is 10.8. The van der Waals surface area contributed by atoms with Gasteiger partial charge in [0.15, 0.2) is 11.6 Å². The number of benzene rings is 3. The van der Waals surface area contributed by atoms with E-state index in [4.69, 9.17) is 12.6 Å². The molecule has 0 bridgehead atoms. The van der Waals surface area contributed by atoms with Gasteiger partial charge >= 0.3 is 0 Å². The van der Waals surface area contributed by atoms with E-state index < -0.39 is 11.6 Å². The molecule has 0 amide bonds. The summed E-state index contributed by atoms with van der Waals surface area (Å²) in [6.45, 7) is 2.47. The molecule has 32 heavy (non-hydrogen) atoms. The molecule has 1 saturated heterocycles. The Morgan fingerprint density at radius 3 is 2.25 bits per heavy atom. The van der Waals surface area contributed by atoms with Crippen molar-refractivity contribution in [1.29, 1.82) is 0 Å². The molecule has 3 aromatic carbocycles. The summed E-state index contributed by atoms with van der Waals surface area (Å²) in [6, 6.07) is 15.2. The van der Waals surface area contributed by atoms with E-state index in [2.05, 4.69) is 0 Å². The minimum atomic E-state index is -0.921. The summed E-state index contributed by atoms with van der Waals surface area (Å²) in [6.07, 6.45) is 5.82. The second-order valence-electron chi connectivity index (χ2n) is 8.09. The van der Waals surface area contributed by atoms with E-state index in [0.717, 1.165) is 24.0 Å². The zero-order valence-electron chi connectivity index (χ0n) is 18.0. The Kier molecular flexibility index (Phi) is 6.85. The zero-order valence-corrected chi connectivity index (χ0v) is 18.0. The minimum Gasteiger partial charge on any atom is -0.374 e. The monoisotopic (exact) mass is 432 g/mol. The summed E-state index contributed by atoms with van der Waals surface area (Å²) in [4.78, 5) is 0. The first-order chi connectivity index (χ1) is 15.5. The third-order valence-electron chi connectivity index (χ3n) is 6.07. The molecule has 0 N–H and O–H groups in total. The summed E-state index contributed by atoms with van der Waals surface area (Å²) < 4.78 is 49.2. The van der Waals surface area contributed by atoms with Gasteiger partial charge in [-0.1, -0.05) is 67.0 Å². The molecular formula is C27H24BF3O. The second-order valence-corrected chi connectivity index (χ2v) is 8.09. The average Bonchev–Trinajstić information content (AvgIpc) is 2.82. The summed E-state index contributed by atoms with van der Waals surface area (Å²) in [5.74, 6) is -2.05. The molecule has 162 valence electrons. The lowest BCUT2D eigenvalue weighted by Gasteiger charge is -2.28. The van der Waals surface area contributed by atoms with E-state index in [9.17, 15) is 13.2 Å². The fourth-order valence-corrected chi connectivity index (χ4v) is 4.23. The lowest BCUT2D eigenvalue weighted by Crippen LogP contribution is -2.23. The Balaban J connectivity index is 1.53. The Bertz CT molecular complexity index is 1120. The lowest BCUT2D eigenvalue weighted by molar-refractivity contribution is 0.0319. The van der Waals surface area contributed by atoms with Crippen LogP contribution in [0.15, 0.2) is 66.7 Å². The van der Waals surface area contributed by atoms with Crippen LogP contribution in [0.25, 0.3) is 22.3 Å². The third kappa shape index (κ3) is 4.54. The van der Waals surface area contributed by atoms with E-state index in [1.54, 1.807) is 24.3 Å². The normalized spacial score (nSPS) is 18.9. The topological polar surface area (TPSA) is 9.23 Å². The molecule has 2 unspecified atom stereocenters. The first-order valence-corrected chi connectivity index (χ1v) is 10.8. The van der Waals surface area contributed by atoms with E-state index in [1.807, 2.05) is 31.2 Å². The SMILES string of the molecule is [B]Cc1ccc(-c2ccc(-c3ccc(C4CCC(/C=C/C)OC4)c(F)c3)cc2)c(F)c1F. The maximum atomic E-state index is 14.9. The van der Waals surface area contributed by atoms with Gasteiger partial charge in [0.1, 0.15) is 5.82 Å². The summed E-state index contributed by atoms with van der Waals surface area (Å²) >= 11 is 0. The molecule has 1 aliphatic heterocycles. The molecule has 4 rings (SSSR count). The zero-order chi connectivity index (χ0) is 22.7. The van der Waals surface area contributed by atoms with Crippen LogP contribution in [0.5, 0.6) is 0 Å². The summed E-state index contributed by atoms with van der Waals surface area (Å²) in [5, 5.41) is 0. The molecule has 1 fully saturated rings. The summed E-state index contributed by atoms with van der Waals surface area (Å²) in [7, 11) is 5.43. The molecule has 2 atom stereocenters. The van der Waals surface area contributed by atoms with Gasteiger partial charge in [0.05, 0.1) is 20.6 Å². The highest BCUT2D eigenvalue weighted by molar-refractivity contribution is 6.08. The van der Waals surface area contributed by atoms with Crippen molar-refractivity contribution in [3.63, 3.8) is 0 Å². The molecular weight excluding hydrogens is 408 g/mol. The van der Waals surface area contributed by atoms with Gasteiger partial charge < -0.3 is 4.74 Å². The molecule has 0 saturated carbocycles. The molecule has 2 radical (unpaired) electrons. The van der Waals surface area contributed by atoms with Gasteiger partial charge in [0.2, 0.25) is 0 Å². The highest BCUT2D eigenvalue weighted by atomic mass is 19.2. The number of rotatable bonds is 5. The van der Waals surface area contributed by atoms with Gasteiger partial charge in [0, 0.05) is 11.5 Å². The van der Waals surface area contributed by atoms with Gasteiger partial charge in [-0.25, -0.2) is 13.2 Å². The number of allylic oxidation sites excluding steroid dienone is 1. The first kappa shape index (κ1) is 22.4. The van der Waals surface area contributed by atoms with Crippen molar-refractivity contribution in [1.82, 2.24) is 0 Å². The predicted molar refractivity (Wildman–Crippen MR) is 123 cm³/mol. The predicted octanol–water partition coefficient (Wildman–Crippen LogP) is 6.95. The van der Waals surface area contributed by atoms with Gasteiger partial charge in [-0.05, 0) is 53.6 Å². The van der Waals surface area contributed by atoms with Gasteiger partial charge in [0.25, 0.3) is 0 Å². The van der Waals surface area contributed by atoms with Crippen LogP contribution in [0.3, 0.4) is 0 Å². The largest absolute Gasteiger partial charge is 0.374 e. The molecule has 0 spiro atoms. The Morgan fingerprint density at radius 2 is 1.62 bits per heavy atom. The van der Waals surface area contributed by atoms with Gasteiger partial charge in [-0.3, -0.25) is 0 Å². The van der Waals surface area contributed by atoms with Crippen LogP contribution in [-0.4, -0.2) is 20.6 Å². The van der Waals surface area contributed by atoms with Gasteiger partial charge in [-0.15, -0.1) is 0 Å². The molecule has 5 heteroatoms. The van der Waals surface area contributed by atoms with E-state index >= 15 is 0 Å². The van der Waals surface area contributed by atoms with Crippen LogP contribution >= 0.6 is 0 Å². The van der Waals surface area contributed by atoms with Crippen molar-refractivity contribution in [2.24, 2.45) is 0 Å². The fraction of sp³-hybridized carbons (Fsp3) is 0.259. The molecule has 1 nitrogen and oxygen atoms in total. The van der Waals surface area contributed by atoms with Crippen LogP contribution in [0.2, 0.25) is 0 Å². The number of hydrogen-bond acceptors (Lipinski definition) is 1. The van der Waals surface area contributed by atoms with Crippen LogP contribution < -0.4 is 0 Å². The second kappa shape index (κ2) is 9.78. The Hall–Kier alpha value is -2.79. The maximum absolute atomic E-state index is 14.9. The molecule has 1 aliphatic rings. The van der Waals surface area contributed by atoms with Crippen molar-refractivity contribution in [3.05, 3.63) is 95.3 Å². The lowest BCUT2D eigenvalue weighted by atomic mass is 9.89. The van der Waals surface area contributed by atoms with Crippen molar-refractivity contribution in [2.45, 2.75) is 38.1 Å². The van der Waals surface area contributed by atoms with E-state index in [-0.39, 0.29) is 35.3 Å². The summed E-state index contributed by atoms with van der Waals surface area (Å²) in [5.41, 5.74) is 3.04. The minimum absolute atomic E-state index is 0.0438. The van der Waals surface area contributed by atoms with Crippen molar-refractivity contribution in [3.8, 4) is 22.3 Å². The van der Waals surface area contributed by atoms with Crippen molar-refractivity contribution in [2.75, 3.05) is 6.61 Å². The maximum Gasteiger partial charge on any atom is 0.166 e. The average molecular weight is 432 g/mol. The molecule has 0 aromatic heterocycles. The number of halogens is 3. The van der Waals surface area contributed by atoms with Gasteiger partial charge in [-0.2, -0.15) is 0 Å². The molecule has 0 aliphatic carbocycles. The van der Waals surface area contributed by atoms with E-state index in [0.29, 0.717) is 17.7 Å². The smallest absolute Gasteiger partial charge is 0.166 e. The highest BCUT2D eigenvalue weighted by Gasteiger charge is 2.24.